The van der Waals surface area contributed by atoms with Crippen molar-refractivity contribution in [3.05, 3.63) is 59.8 Å². The van der Waals surface area contributed by atoms with Crippen molar-refractivity contribution < 1.29 is 4.90 Å². The minimum Gasteiger partial charge on any atom is -0.353 e. The summed E-state index contributed by atoms with van der Waals surface area (Å²) in [6, 6.07) is 16.5. The third kappa shape index (κ3) is 4.64. The Morgan fingerprint density at radius 3 is 2.31 bits per heavy atom. The Bertz CT molecular complexity index is 643. The van der Waals surface area contributed by atoms with Gasteiger partial charge in [0.25, 0.3) is 0 Å². The molecular weight excluding hydrogens is 318 g/mol. The zero-order valence-electron chi connectivity index (χ0n) is 16.6. The van der Waals surface area contributed by atoms with Gasteiger partial charge in [-0.2, -0.15) is 0 Å². The van der Waals surface area contributed by atoms with Crippen molar-refractivity contribution in [2.75, 3.05) is 25.5 Å². The molecular formula is C23H34N3+. The number of quaternary nitrogens is 1. The van der Waals surface area contributed by atoms with Crippen LogP contribution in [0, 0.1) is 0 Å². The smallest absolute Gasteiger partial charge is 0.128 e. The molecule has 0 spiro atoms. The van der Waals surface area contributed by atoms with E-state index in [1.165, 1.54) is 36.8 Å². The average molecular weight is 353 g/mol. The largest absolute Gasteiger partial charge is 0.353 e. The van der Waals surface area contributed by atoms with Gasteiger partial charge in [0.15, 0.2) is 0 Å². The van der Waals surface area contributed by atoms with Crippen LogP contribution in [0.15, 0.2) is 48.7 Å². The summed E-state index contributed by atoms with van der Waals surface area (Å²) in [5.41, 5.74) is 3.03. The van der Waals surface area contributed by atoms with Gasteiger partial charge in [0.05, 0.1) is 20.1 Å². The van der Waals surface area contributed by atoms with Gasteiger partial charge in [-0.1, -0.05) is 43.7 Å². The summed E-state index contributed by atoms with van der Waals surface area (Å²) in [5, 5.41) is 0. The summed E-state index contributed by atoms with van der Waals surface area (Å²) < 4.78 is 0. The van der Waals surface area contributed by atoms with Crippen LogP contribution >= 0.6 is 0 Å². The number of nitrogens with one attached hydrogen (secondary N) is 1. The summed E-state index contributed by atoms with van der Waals surface area (Å²) >= 11 is 0. The van der Waals surface area contributed by atoms with Crippen LogP contribution in [0.1, 0.15) is 43.7 Å². The van der Waals surface area contributed by atoms with Crippen molar-refractivity contribution in [3.63, 3.8) is 0 Å². The maximum Gasteiger partial charge on any atom is 0.128 e. The molecule has 0 bridgehead atoms. The predicted molar refractivity (Wildman–Crippen MR) is 110 cm³/mol. The number of hydrogen-bond acceptors (Lipinski definition) is 2. The van der Waals surface area contributed by atoms with Gasteiger partial charge in [-0.15, -0.1) is 0 Å². The van der Waals surface area contributed by atoms with Gasteiger partial charge in [0.1, 0.15) is 5.82 Å². The van der Waals surface area contributed by atoms with Crippen LogP contribution in [-0.4, -0.2) is 37.7 Å². The van der Waals surface area contributed by atoms with Crippen LogP contribution in [0.5, 0.6) is 0 Å². The molecule has 0 aliphatic heterocycles. The lowest BCUT2D eigenvalue weighted by Gasteiger charge is -2.32. The van der Waals surface area contributed by atoms with Gasteiger partial charge >= 0.3 is 0 Å². The number of anilines is 1. The van der Waals surface area contributed by atoms with Gasteiger partial charge < -0.3 is 9.80 Å². The standard InChI is InChI=1S/C23H33N3/c1-4-5-12-21(25(2)3)14-16-26(23-13-8-9-15-24-23)22-17-19-10-6-7-11-20(19)18-22/h6-11,13,15,21-22H,4-5,12,14,16-18H2,1-3H3/p+1. The van der Waals surface area contributed by atoms with Crippen LogP contribution in [-0.2, 0) is 12.8 Å². The fraction of sp³-hybridized carbons (Fsp3) is 0.522. The number of unbranched alkanes of at least 4 members (excludes halogenated alkanes) is 1. The third-order valence-electron chi connectivity index (χ3n) is 5.85. The maximum atomic E-state index is 4.69. The molecule has 0 radical (unpaired) electrons. The number of rotatable bonds is 9. The minimum absolute atomic E-state index is 0.534. The highest BCUT2D eigenvalue weighted by Gasteiger charge is 2.28. The first-order valence-corrected chi connectivity index (χ1v) is 10.2. The number of aromatic nitrogens is 1. The van der Waals surface area contributed by atoms with Gasteiger partial charge in [0, 0.05) is 25.2 Å². The normalized spacial score (nSPS) is 15.2. The molecule has 2 aromatic rings. The molecule has 1 aliphatic rings. The SMILES string of the molecule is CCCCC(CCN(c1ccccn1)C1Cc2ccccc2C1)[NH+](C)C. The Kier molecular flexibility index (Phi) is 6.67. The molecule has 0 amide bonds. The van der Waals surface area contributed by atoms with Crippen molar-refractivity contribution in [1.82, 2.24) is 4.98 Å². The molecule has 3 heteroatoms. The maximum absolute atomic E-state index is 4.69. The predicted octanol–water partition coefficient (Wildman–Crippen LogP) is 3.15. The second-order valence-electron chi connectivity index (χ2n) is 7.92. The van der Waals surface area contributed by atoms with Gasteiger partial charge in [0.2, 0.25) is 0 Å². The van der Waals surface area contributed by atoms with Crippen LogP contribution in [0.2, 0.25) is 0 Å². The zero-order valence-corrected chi connectivity index (χ0v) is 16.6. The molecule has 26 heavy (non-hydrogen) atoms. The first-order valence-electron chi connectivity index (χ1n) is 10.2. The molecule has 1 N–H and O–H groups in total. The van der Waals surface area contributed by atoms with E-state index in [-0.39, 0.29) is 0 Å². The lowest BCUT2D eigenvalue weighted by molar-refractivity contribution is -0.886. The van der Waals surface area contributed by atoms with E-state index < -0.39 is 0 Å². The molecule has 1 aromatic heterocycles. The lowest BCUT2D eigenvalue weighted by atomic mass is 10.0. The molecule has 1 aliphatic carbocycles. The summed E-state index contributed by atoms with van der Waals surface area (Å²) in [7, 11) is 4.60. The first kappa shape index (κ1) is 18.9. The van der Waals surface area contributed by atoms with Crippen molar-refractivity contribution in [1.29, 1.82) is 0 Å². The molecule has 3 rings (SSSR count). The van der Waals surface area contributed by atoms with E-state index in [1.54, 1.807) is 4.90 Å². The summed E-state index contributed by atoms with van der Waals surface area (Å²) in [4.78, 5) is 8.84. The van der Waals surface area contributed by atoms with E-state index >= 15 is 0 Å². The van der Waals surface area contributed by atoms with E-state index in [9.17, 15) is 0 Å². The van der Waals surface area contributed by atoms with E-state index in [4.69, 9.17) is 4.98 Å². The fourth-order valence-electron chi connectivity index (χ4n) is 4.23. The molecule has 0 saturated carbocycles. The number of benzene rings is 1. The molecule has 1 aromatic carbocycles. The highest BCUT2D eigenvalue weighted by atomic mass is 15.2. The molecule has 1 heterocycles. The second-order valence-corrected chi connectivity index (χ2v) is 7.92. The second kappa shape index (κ2) is 9.18. The summed E-state index contributed by atoms with van der Waals surface area (Å²) in [6.07, 6.45) is 9.37. The van der Waals surface area contributed by atoms with Crippen molar-refractivity contribution >= 4 is 5.82 Å². The monoisotopic (exact) mass is 352 g/mol. The summed E-state index contributed by atoms with van der Waals surface area (Å²) in [6.45, 7) is 3.38. The molecule has 0 saturated heterocycles. The number of fused-ring (bicyclic) bond motifs is 1. The Morgan fingerprint density at radius 1 is 1.04 bits per heavy atom. The van der Waals surface area contributed by atoms with Crippen LogP contribution < -0.4 is 9.80 Å². The van der Waals surface area contributed by atoms with E-state index in [0.717, 1.165) is 31.2 Å². The average Bonchev–Trinajstić information content (AvgIpc) is 3.08. The molecule has 1 unspecified atom stereocenters. The van der Waals surface area contributed by atoms with E-state index in [1.807, 2.05) is 12.3 Å². The Hall–Kier alpha value is -1.87. The van der Waals surface area contributed by atoms with Crippen LogP contribution in [0.25, 0.3) is 0 Å². The lowest BCUT2D eigenvalue weighted by Crippen LogP contribution is -3.10. The van der Waals surface area contributed by atoms with Crippen LogP contribution in [0.3, 0.4) is 0 Å². The molecule has 140 valence electrons. The topological polar surface area (TPSA) is 20.6 Å². The van der Waals surface area contributed by atoms with Crippen LogP contribution in [0.4, 0.5) is 5.82 Å². The van der Waals surface area contributed by atoms with E-state index in [2.05, 4.69) is 62.3 Å². The Labute approximate surface area is 159 Å². The minimum atomic E-state index is 0.534. The highest BCUT2D eigenvalue weighted by Crippen LogP contribution is 2.28. The number of pyridine rings is 1. The number of nitrogens with zero attached hydrogens (tertiary/aromatic N) is 2. The van der Waals surface area contributed by atoms with Gasteiger partial charge in [-0.3, -0.25) is 0 Å². The third-order valence-corrected chi connectivity index (χ3v) is 5.85. The molecule has 0 fully saturated rings. The van der Waals surface area contributed by atoms with Gasteiger partial charge in [-0.25, -0.2) is 4.98 Å². The highest BCUT2D eigenvalue weighted by molar-refractivity contribution is 5.44. The fourth-order valence-corrected chi connectivity index (χ4v) is 4.23. The summed E-state index contributed by atoms with van der Waals surface area (Å²) in [5.74, 6) is 1.13. The Balaban J connectivity index is 1.73. The molecule has 3 nitrogen and oxygen atoms in total. The quantitative estimate of drug-likeness (QED) is 0.748. The van der Waals surface area contributed by atoms with Crippen molar-refractivity contribution in [2.24, 2.45) is 0 Å². The Morgan fingerprint density at radius 2 is 1.73 bits per heavy atom. The first-order chi connectivity index (χ1) is 12.7. The zero-order chi connectivity index (χ0) is 18.4. The van der Waals surface area contributed by atoms with Crippen molar-refractivity contribution in [2.45, 2.75) is 57.5 Å². The molecule has 1 atom stereocenters. The van der Waals surface area contributed by atoms with E-state index in [0.29, 0.717) is 6.04 Å². The number of hydrogen-bond donors (Lipinski definition) is 1. The van der Waals surface area contributed by atoms with Crippen molar-refractivity contribution in [3.8, 4) is 0 Å². The van der Waals surface area contributed by atoms with Gasteiger partial charge in [-0.05, 0) is 48.9 Å².